The lowest BCUT2D eigenvalue weighted by Gasteiger charge is -2.11. The minimum absolute atomic E-state index is 0.0875. The van der Waals surface area contributed by atoms with Gasteiger partial charge in [0.05, 0.1) is 5.52 Å². The second kappa shape index (κ2) is 3.58. The van der Waals surface area contributed by atoms with E-state index in [4.69, 9.17) is 0 Å². The fraction of sp³-hybridized carbons (Fsp3) is 0.182. The molecular formula is C11H7F4NO. The molecule has 0 aliphatic rings. The van der Waals surface area contributed by atoms with Crippen molar-refractivity contribution in [3.63, 3.8) is 0 Å². The molecule has 1 heterocycles. The summed E-state index contributed by atoms with van der Waals surface area (Å²) in [5.74, 6) is -0.884. The molecule has 1 N–H and O–H groups in total. The van der Waals surface area contributed by atoms with E-state index < -0.39 is 34.2 Å². The van der Waals surface area contributed by atoms with Gasteiger partial charge >= 0.3 is 6.18 Å². The van der Waals surface area contributed by atoms with E-state index in [1.54, 1.807) is 0 Å². The molecule has 0 spiro atoms. The Kier molecular flexibility index (Phi) is 2.45. The SMILES string of the molecule is Cc1c(C(F)(F)F)[nH]c2c(F)cccc2c1=O. The van der Waals surface area contributed by atoms with Gasteiger partial charge in [0.25, 0.3) is 0 Å². The standard InChI is InChI=1S/C11H7F4NO/c1-5-9(17)6-3-2-4-7(12)8(6)16-10(5)11(13,14)15/h2-4H,1H3,(H,16,17). The molecule has 90 valence electrons. The van der Waals surface area contributed by atoms with E-state index in [9.17, 15) is 22.4 Å². The van der Waals surface area contributed by atoms with E-state index in [2.05, 4.69) is 0 Å². The van der Waals surface area contributed by atoms with Gasteiger partial charge < -0.3 is 4.98 Å². The maximum absolute atomic E-state index is 13.3. The van der Waals surface area contributed by atoms with Crippen LogP contribution in [0.3, 0.4) is 0 Å². The number of para-hydroxylation sites is 1. The Hall–Kier alpha value is -1.85. The molecule has 0 unspecified atom stereocenters. The number of aromatic amines is 1. The first-order valence-electron chi connectivity index (χ1n) is 4.70. The highest BCUT2D eigenvalue weighted by molar-refractivity contribution is 5.80. The Bertz CT molecular complexity index is 642. The molecule has 2 rings (SSSR count). The van der Waals surface area contributed by atoms with Crippen molar-refractivity contribution < 1.29 is 17.6 Å². The average Bonchev–Trinajstić information content (AvgIpc) is 2.22. The first kappa shape index (κ1) is 11.6. The van der Waals surface area contributed by atoms with Crippen LogP contribution < -0.4 is 5.43 Å². The maximum atomic E-state index is 13.3. The first-order chi connectivity index (χ1) is 7.82. The third kappa shape index (κ3) is 1.79. The van der Waals surface area contributed by atoms with E-state index in [1.807, 2.05) is 4.98 Å². The lowest BCUT2D eigenvalue weighted by Crippen LogP contribution is -2.19. The molecule has 17 heavy (non-hydrogen) atoms. The van der Waals surface area contributed by atoms with Crippen molar-refractivity contribution in [2.75, 3.05) is 0 Å². The van der Waals surface area contributed by atoms with E-state index >= 15 is 0 Å². The number of rotatable bonds is 0. The van der Waals surface area contributed by atoms with E-state index in [0.29, 0.717) is 0 Å². The number of halogens is 4. The zero-order valence-electron chi connectivity index (χ0n) is 8.65. The Morgan fingerprint density at radius 1 is 1.24 bits per heavy atom. The molecule has 0 radical (unpaired) electrons. The highest BCUT2D eigenvalue weighted by Gasteiger charge is 2.35. The molecule has 0 amide bonds. The number of nitrogens with one attached hydrogen (secondary N) is 1. The predicted molar refractivity (Wildman–Crippen MR) is 54.3 cm³/mol. The van der Waals surface area contributed by atoms with Gasteiger partial charge in [0, 0.05) is 10.9 Å². The molecule has 0 bridgehead atoms. The van der Waals surface area contributed by atoms with E-state index in [0.717, 1.165) is 13.0 Å². The Labute approximate surface area is 92.9 Å². The third-order valence-electron chi connectivity index (χ3n) is 2.51. The summed E-state index contributed by atoms with van der Waals surface area (Å²) < 4.78 is 51.1. The summed E-state index contributed by atoms with van der Waals surface area (Å²) in [7, 11) is 0. The lowest BCUT2D eigenvalue weighted by atomic mass is 10.1. The molecule has 1 aromatic carbocycles. The Morgan fingerprint density at radius 3 is 2.47 bits per heavy atom. The minimum atomic E-state index is -4.71. The number of hydrogen-bond acceptors (Lipinski definition) is 1. The number of fused-ring (bicyclic) bond motifs is 1. The van der Waals surface area contributed by atoms with Crippen LogP contribution in [0.2, 0.25) is 0 Å². The normalized spacial score (nSPS) is 12.1. The van der Waals surface area contributed by atoms with Crippen LogP contribution in [0.5, 0.6) is 0 Å². The highest BCUT2D eigenvalue weighted by Crippen LogP contribution is 2.30. The number of hydrogen-bond donors (Lipinski definition) is 1. The van der Waals surface area contributed by atoms with E-state index in [1.165, 1.54) is 12.1 Å². The monoisotopic (exact) mass is 245 g/mol. The zero-order chi connectivity index (χ0) is 12.8. The van der Waals surface area contributed by atoms with Gasteiger partial charge in [-0.2, -0.15) is 13.2 Å². The Balaban J connectivity index is 2.96. The number of pyridine rings is 1. The van der Waals surface area contributed by atoms with Crippen LogP contribution in [-0.4, -0.2) is 4.98 Å². The van der Waals surface area contributed by atoms with Crippen molar-refractivity contribution in [1.29, 1.82) is 0 Å². The Morgan fingerprint density at radius 2 is 1.88 bits per heavy atom. The molecule has 2 nitrogen and oxygen atoms in total. The molecule has 2 aromatic rings. The maximum Gasteiger partial charge on any atom is 0.431 e. The smallest absolute Gasteiger partial charge is 0.348 e. The van der Waals surface area contributed by atoms with Crippen LogP contribution >= 0.6 is 0 Å². The fourth-order valence-corrected chi connectivity index (χ4v) is 1.66. The van der Waals surface area contributed by atoms with Gasteiger partial charge in [-0.25, -0.2) is 4.39 Å². The molecule has 6 heteroatoms. The fourth-order valence-electron chi connectivity index (χ4n) is 1.66. The van der Waals surface area contributed by atoms with Crippen LogP contribution in [0.1, 0.15) is 11.3 Å². The summed E-state index contributed by atoms with van der Waals surface area (Å²) in [5.41, 5.74) is -2.91. The number of benzene rings is 1. The second-order valence-electron chi connectivity index (χ2n) is 3.61. The van der Waals surface area contributed by atoms with Gasteiger partial charge in [-0.15, -0.1) is 0 Å². The molecule has 0 atom stereocenters. The van der Waals surface area contributed by atoms with Gasteiger partial charge in [0.15, 0.2) is 5.43 Å². The summed E-state index contributed by atoms with van der Waals surface area (Å²) >= 11 is 0. The second-order valence-corrected chi connectivity index (χ2v) is 3.61. The summed E-state index contributed by atoms with van der Waals surface area (Å²) in [6.07, 6.45) is -4.71. The number of aromatic nitrogens is 1. The van der Waals surface area contributed by atoms with Gasteiger partial charge in [-0.3, -0.25) is 4.79 Å². The van der Waals surface area contributed by atoms with Crippen molar-refractivity contribution in [2.45, 2.75) is 13.1 Å². The largest absolute Gasteiger partial charge is 0.431 e. The molecule has 1 aromatic heterocycles. The minimum Gasteiger partial charge on any atom is -0.348 e. The van der Waals surface area contributed by atoms with Gasteiger partial charge in [0.2, 0.25) is 0 Å². The van der Waals surface area contributed by atoms with Crippen molar-refractivity contribution in [3.05, 3.63) is 45.5 Å². The summed E-state index contributed by atoms with van der Waals surface area (Å²) in [4.78, 5) is 13.6. The van der Waals surface area contributed by atoms with Gasteiger partial charge in [0.1, 0.15) is 11.5 Å². The van der Waals surface area contributed by atoms with Crippen molar-refractivity contribution >= 4 is 10.9 Å². The third-order valence-corrected chi connectivity index (χ3v) is 2.51. The summed E-state index contributed by atoms with van der Waals surface area (Å²) in [6.45, 7) is 1.06. The van der Waals surface area contributed by atoms with Crippen LogP contribution in [-0.2, 0) is 6.18 Å². The van der Waals surface area contributed by atoms with Crippen molar-refractivity contribution in [3.8, 4) is 0 Å². The summed E-state index contributed by atoms with van der Waals surface area (Å²) in [6, 6.07) is 3.55. The van der Waals surface area contributed by atoms with Crippen LogP contribution in [0.15, 0.2) is 23.0 Å². The predicted octanol–water partition coefficient (Wildman–Crippen LogP) is 2.99. The van der Waals surface area contributed by atoms with Gasteiger partial charge in [-0.05, 0) is 19.1 Å². The van der Waals surface area contributed by atoms with Crippen molar-refractivity contribution in [2.24, 2.45) is 0 Å². The molecule has 0 fully saturated rings. The van der Waals surface area contributed by atoms with Crippen molar-refractivity contribution in [1.82, 2.24) is 4.98 Å². The van der Waals surface area contributed by atoms with Gasteiger partial charge in [-0.1, -0.05) is 6.07 Å². The number of H-pyrrole nitrogens is 1. The summed E-state index contributed by atoms with van der Waals surface area (Å²) in [5, 5.41) is -0.0875. The topological polar surface area (TPSA) is 32.9 Å². The van der Waals surface area contributed by atoms with Crippen LogP contribution in [0, 0.1) is 12.7 Å². The molecule has 0 aliphatic heterocycles. The molecular weight excluding hydrogens is 238 g/mol. The quantitative estimate of drug-likeness (QED) is 0.711. The molecule has 0 aliphatic carbocycles. The lowest BCUT2D eigenvalue weighted by molar-refractivity contribution is -0.141. The van der Waals surface area contributed by atoms with E-state index in [-0.39, 0.29) is 5.39 Å². The highest BCUT2D eigenvalue weighted by atomic mass is 19.4. The number of alkyl halides is 3. The van der Waals surface area contributed by atoms with Crippen LogP contribution in [0.25, 0.3) is 10.9 Å². The zero-order valence-corrected chi connectivity index (χ0v) is 8.65. The molecule has 0 saturated heterocycles. The van der Waals surface area contributed by atoms with Crippen LogP contribution in [0.4, 0.5) is 17.6 Å². The molecule has 0 saturated carbocycles. The first-order valence-corrected chi connectivity index (χ1v) is 4.70. The average molecular weight is 245 g/mol.